The van der Waals surface area contributed by atoms with Crippen molar-refractivity contribution in [1.82, 2.24) is 14.6 Å². The Balaban J connectivity index is 1.19. The molecule has 1 aliphatic heterocycles. The van der Waals surface area contributed by atoms with E-state index in [1.165, 1.54) is 39.7 Å². The molecule has 1 fully saturated rings. The summed E-state index contributed by atoms with van der Waals surface area (Å²) >= 11 is 7.91. The normalized spacial score (nSPS) is 20.4. The van der Waals surface area contributed by atoms with Gasteiger partial charge >= 0.3 is 0 Å². The highest BCUT2D eigenvalue weighted by Crippen LogP contribution is 2.53. The summed E-state index contributed by atoms with van der Waals surface area (Å²) in [5.41, 5.74) is 19.7. The van der Waals surface area contributed by atoms with Crippen molar-refractivity contribution in [2.24, 2.45) is 5.41 Å². The van der Waals surface area contributed by atoms with E-state index in [0.717, 1.165) is 54.3 Å². The Kier molecular flexibility index (Phi) is 7.18. The predicted octanol–water partition coefficient (Wildman–Crippen LogP) is 6.38. The number of allylic oxidation sites excluding steroid dienone is 1. The van der Waals surface area contributed by atoms with Crippen molar-refractivity contribution in [2.45, 2.75) is 67.0 Å². The van der Waals surface area contributed by atoms with Crippen LogP contribution in [0, 0.1) is 5.41 Å². The van der Waals surface area contributed by atoms with E-state index in [4.69, 9.17) is 23.1 Å². The Morgan fingerprint density at radius 3 is 2.60 bits per heavy atom. The van der Waals surface area contributed by atoms with Gasteiger partial charge in [-0.3, -0.25) is 0 Å². The van der Waals surface area contributed by atoms with Crippen LogP contribution in [-0.2, 0) is 23.8 Å². The molecule has 0 amide bonds. The summed E-state index contributed by atoms with van der Waals surface area (Å²) in [7, 11) is -1.13. The van der Waals surface area contributed by atoms with Crippen LogP contribution in [0.5, 0.6) is 0 Å². The first-order valence-corrected chi connectivity index (χ1v) is 16.1. The summed E-state index contributed by atoms with van der Waals surface area (Å²) in [6.07, 6.45) is 8.01. The number of anilines is 2. The molecule has 2 heterocycles. The van der Waals surface area contributed by atoms with E-state index in [-0.39, 0.29) is 16.2 Å². The predicted molar refractivity (Wildman–Crippen MR) is 167 cm³/mol. The van der Waals surface area contributed by atoms with Crippen LogP contribution in [-0.4, -0.2) is 31.9 Å². The van der Waals surface area contributed by atoms with Crippen LogP contribution in [0.2, 0.25) is 5.02 Å². The first-order valence-electron chi connectivity index (χ1n) is 13.8. The molecule has 0 unspecified atom stereocenters. The van der Waals surface area contributed by atoms with Crippen LogP contribution < -0.4 is 16.2 Å². The molecule has 5 N–H and O–H groups in total. The summed E-state index contributed by atoms with van der Waals surface area (Å²) in [4.78, 5) is 8.40. The Morgan fingerprint density at radius 1 is 1.10 bits per heavy atom. The standard InChI is InChI=1S/C31H36ClN5OS2/c1-30(2,3)40(38)36-28-23-7-5-4-6-19(23)18-31(28)9-12-37(13-10-31)22-14-20-16-24(33)26(17-21(20)15-22)39-25-8-11-35-29(34)27(25)32/h4-8,11,15-17,28,36H,9-10,12-14,18,33H2,1-3H3,(H2,34,35)/t28-,40-/m1/s1. The van der Waals surface area contributed by atoms with Gasteiger partial charge in [0.15, 0.2) is 0 Å². The second-order valence-corrected chi connectivity index (χ2v) is 15.6. The number of hydrogen-bond acceptors (Lipinski definition) is 6. The van der Waals surface area contributed by atoms with Crippen molar-refractivity contribution in [3.05, 3.63) is 81.6 Å². The number of hydrogen-bond donors (Lipinski definition) is 3. The van der Waals surface area contributed by atoms with E-state index < -0.39 is 11.0 Å². The molecule has 1 spiro atoms. The zero-order valence-corrected chi connectivity index (χ0v) is 25.6. The van der Waals surface area contributed by atoms with Gasteiger partial charge in [-0.15, -0.1) is 0 Å². The lowest BCUT2D eigenvalue weighted by molar-refractivity contribution is 0.103. The average Bonchev–Trinajstić information content (AvgIpc) is 3.45. The van der Waals surface area contributed by atoms with E-state index in [0.29, 0.717) is 10.8 Å². The molecule has 0 radical (unpaired) electrons. The summed E-state index contributed by atoms with van der Waals surface area (Å²) in [5.74, 6) is 0.323. The molecule has 6 nitrogen and oxygen atoms in total. The van der Waals surface area contributed by atoms with Crippen LogP contribution in [0.25, 0.3) is 6.08 Å². The number of pyridine rings is 1. The second kappa shape index (κ2) is 10.4. The molecule has 210 valence electrons. The quantitative estimate of drug-likeness (QED) is 0.297. The van der Waals surface area contributed by atoms with Crippen LogP contribution in [0.3, 0.4) is 0 Å². The topological polar surface area (TPSA) is 97.3 Å². The molecule has 0 saturated carbocycles. The van der Waals surface area contributed by atoms with Crippen molar-refractivity contribution in [2.75, 3.05) is 24.6 Å². The molecule has 1 saturated heterocycles. The lowest BCUT2D eigenvalue weighted by Crippen LogP contribution is -2.47. The molecular weight excluding hydrogens is 558 g/mol. The Labute approximate surface area is 248 Å². The Morgan fingerprint density at radius 2 is 1.85 bits per heavy atom. The molecule has 0 bridgehead atoms. The van der Waals surface area contributed by atoms with Crippen LogP contribution in [0.1, 0.15) is 61.9 Å². The van der Waals surface area contributed by atoms with E-state index >= 15 is 0 Å². The Bertz CT molecular complexity index is 1520. The number of nitrogen functional groups attached to an aromatic ring is 2. The molecule has 1 aromatic heterocycles. The maximum absolute atomic E-state index is 13.2. The van der Waals surface area contributed by atoms with Gasteiger partial charge in [-0.1, -0.05) is 47.6 Å². The minimum atomic E-state index is -1.13. The average molecular weight is 594 g/mol. The third-order valence-electron chi connectivity index (χ3n) is 8.53. The van der Waals surface area contributed by atoms with Gasteiger partial charge in [0.25, 0.3) is 0 Å². The zero-order chi connectivity index (χ0) is 28.2. The summed E-state index contributed by atoms with van der Waals surface area (Å²) in [6.45, 7) is 8.07. The van der Waals surface area contributed by atoms with E-state index in [2.05, 4.69) is 57.1 Å². The summed E-state index contributed by atoms with van der Waals surface area (Å²) < 4.78 is 16.5. The number of fused-ring (bicyclic) bond motifs is 2. The fraction of sp³-hybridized carbons (Fsp3) is 0.387. The molecule has 6 rings (SSSR count). The second-order valence-electron chi connectivity index (χ2n) is 12.2. The smallest absolute Gasteiger partial charge is 0.143 e. The van der Waals surface area contributed by atoms with Gasteiger partial charge in [-0.25, -0.2) is 13.9 Å². The van der Waals surface area contributed by atoms with Crippen LogP contribution in [0.4, 0.5) is 11.5 Å². The minimum Gasteiger partial charge on any atom is -0.398 e. The molecule has 3 aromatic rings. The van der Waals surface area contributed by atoms with Gasteiger partial charge in [0.2, 0.25) is 0 Å². The lowest BCUT2D eigenvalue weighted by atomic mass is 9.73. The van der Waals surface area contributed by atoms with Crippen molar-refractivity contribution >= 4 is 51.9 Å². The SMILES string of the molecule is CC(C)(C)[S@@](=O)N[C@@H]1c2ccccc2CC12CCN(C1=Cc3cc(Sc4ccnc(N)c4Cl)c(N)cc3C1)CC2. The molecule has 2 atom stereocenters. The fourth-order valence-corrected chi connectivity index (χ4v) is 8.36. The van der Waals surface area contributed by atoms with E-state index in [9.17, 15) is 4.21 Å². The van der Waals surface area contributed by atoms with Gasteiger partial charge in [-0.2, -0.15) is 0 Å². The lowest BCUT2D eigenvalue weighted by Gasteiger charge is -2.45. The molecule has 2 aliphatic carbocycles. The van der Waals surface area contributed by atoms with Crippen LogP contribution >= 0.6 is 23.4 Å². The molecule has 40 heavy (non-hydrogen) atoms. The first kappa shape index (κ1) is 27.6. The number of halogens is 1. The maximum Gasteiger partial charge on any atom is 0.143 e. The monoisotopic (exact) mass is 593 g/mol. The zero-order valence-electron chi connectivity index (χ0n) is 23.2. The highest BCUT2D eigenvalue weighted by Gasteiger charge is 2.49. The van der Waals surface area contributed by atoms with Crippen molar-refractivity contribution < 1.29 is 4.21 Å². The Hall–Kier alpha value is -2.52. The number of rotatable bonds is 5. The number of nitrogens with two attached hydrogens (primary N) is 2. The van der Waals surface area contributed by atoms with Crippen molar-refractivity contribution in [1.29, 1.82) is 0 Å². The minimum absolute atomic E-state index is 0.0764. The van der Waals surface area contributed by atoms with Crippen molar-refractivity contribution in [3.63, 3.8) is 0 Å². The number of nitrogens with zero attached hydrogens (tertiary/aromatic N) is 2. The summed E-state index contributed by atoms with van der Waals surface area (Å²) in [6, 6.07) is 14.9. The van der Waals surface area contributed by atoms with E-state index in [1.807, 2.05) is 26.8 Å². The van der Waals surface area contributed by atoms with Gasteiger partial charge in [0.05, 0.1) is 26.8 Å². The third-order valence-corrected chi connectivity index (χ3v) is 11.7. The molecule has 2 aromatic carbocycles. The molecule has 3 aliphatic rings. The van der Waals surface area contributed by atoms with Crippen molar-refractivity contribution in [3.8, 4) is 0 Å². The highest BCUT2D eigenvalue weighted by atomic mass is 35.5. The summed E-state index contributed by atoms with van der Waals surface area (Å²) in [5, 5.41) is 0.457. The first-order chi connectivity index (χ1) is 19.0. The molecule has 9 heteroatoms. The van der Waals surface area contributed by atoms with Gasteiger partial charge in [-0.05, 0) is 92.0 Å². The van der Waals surface area contributed by atoms with Gasteiger partial charge < -0.3 is 16.4 Å². The van der Waals surface area contributed by atoms with Gasteiger partial charge in [0, 0.05) is 46.9 Å². The fourth-order valence-electron chi connectivity index (χ4n) is 6.27. The molecular formula is C31H36ClN5OS2. The van der Waals surface area contributed by atoms with Crippen LogP contribution in [0.15, 0.2) is 64.1 Å². The maximum atomic E-state index is 13.2. The number of aromatic nitrogens is 1. The highest BCUT2D eigenvalue weighted by molar-refractivity contribution is 7.99. The van der Waals surface area contributed by atoms with E-state index in [1.54, 1.807) is 6.20 Å². The third kappa shape index (κ3) is 5.04. The number of benzene rings is 2. The number of nitrogens with one attached hydrogen (secondary N) is 1. The number of likely N-dealkylation sites (tertiary alicyclic amines) is 1. The largest absolute Gasteiger partial charge is 0.398 e. The number of piperidine rings is 1. The van der Waals surface area contributed by atoms with Gasteiger partial charge in [0.1, 0.15) is 5.82 Å².